The fourth-order valence-corrected chi connectivity index (χ4v) is 5.55. The molecule has 0 aliphatic carbocycles. The molecule has 11 heteroatoms. The highest BCUT2D eigenvalue weighted by Crippen LogP contribution is 2.23. The summed E-state index contributed by atoms with van der Waals surface area (Å²) in [5.41, 5.74) is 0.332. The first-order valence-electron chi connectivity index (χ1n) is 9.68. The molecule has 1 aliphatic heterocycles. The maximum Gasteiger partial charge on any atom is 0.289 e. The van der Waals surface area contributed by atoms with E-state index >= 15 is 0 Å². The SMILES string of the molecule is COc1ccc2/c(=N\O)cc(C(=O)N3CCN(S(=O)(=O)c4cccc(Br)c4)CC3)oc2c1. The van der Waals surface area contributed by atoms with E-state index in [1.807, 2.05) is 0 Å². The molecule has 1 fully saturated rings. The van der Waals surface area contributed by atoms with Crippen LogP contribution >= 0.6 is 15.9 Å². The number of halogens is 1. The van der Waals surface area contributed by atoms with Crippen molar-refractivity contribution in [2.75, 3.05) is 33.3 Å². The molecule has 0 atom stereocenters. The van der Waals surface area contributed by atoms with Crippen molar-refractivity contribution in [3.05, 3.63) is 64.1 Å². The number of amides is 1. The second-order valence-corrected chi connectivity index (χ2v) is 9.97. The molecule has 0 unspecified atom stereocenters. The van der Waals surface area contributed by atoms with Crippen molar-refractivity contribution in [2.24, 2.45) is 5.16 Å². The average molecular weight is 522 g/mol. The van der Waals surface area contributed by atoms with Gasteiger partial charge in [-0.25, -0.2) is 8.42 Å². The van der Waals surface area contributed by atoms with Crippen molar-refractivity contribution in [1.82, 2.24) is 9.21 Å². The molecule has 0 bridgehead atoms. The van der Waals surface area contributed by atoms with Gasteiger partial charge < -0.3 is 19.3 Å². The van der Waals surface area contributed by atoms with E-state index in [0.717, 1.165) is 0 Å². The zero-order valence-corrected chi connectivity index (χ0v) is 19.5. The quantitative estimate of drug-likeness (QED) is 0.417. The van der Waals surface area contributed by atoms with Gasteiger partial charge in [-0.05, 0) is 30.3 Å². The van der Waals surface area contributed by atoms with E-state index in [9.17, 15) is 18.4 Å². The summed E-state index contributed by atoms with van der Waals surface area (Å²) in [5.74, 6) is 0.0991. The van der Waals surface area contributed by atoms with Crippen LogP contribution in [0.1, 0.15) is 10.6 Å². The molecule has 32 heavy (non-hydrogen) atoms. The summed E-state index contributed by atoms with van der Waals surface area (Å²) in [5, 5.41) is 13.4. The summed E-state index contributed by atoms with van der Waals surface area (Å²) < 4.78 is 38.8. The second-order valence-electron chi connectivity index (χ2n) is 7.11. The molecule has 9 nitrogen and oxygen atoms in total. The van der Waals surface area contributed by atoms with E-state index in [1.165, 1.54) is 22.4 Å². The Morgan fingerprint density at radius 1 is 1.12 bits per heavy atom. The molecule has 3 aromatic rings. The molecule has 1 aliphatic rings. The van der Waals surface area contributed by atoms with E-state index in [0.29, 0.717) is 21.2 Å². The first-order chi connectivity index (χ1) is 15.3. The first kappa shape index (κ1) is 22.3. The van der Waals surface area contributed by atoms with E-state index in [4.69, 9.17) is 9.15 Å². The monoisotopic (exact) mass is 521 g/mol. The third-order valence-electron chi connectivity index (χ3n) is 5.23. The largest absolute Gasteiger partial charge is 0.497 e. The van der Waals surface area contributed by atoms with E-state index in [-0.39, 0.29) is 42.2 Å². The number of benzene rings is 2. The minimum Gasteiger partial charge on any atom is -0.497 e. The van der Waals surface area contributed by atoms with Gasteiger partial charge in [-0.3, -0.25) is 4.79 Å². The van der Waals surface area contributed by atoms with Crippen LogP contribution in [0.5, 0.6) is 5.75 Å². The third kappa shape index (κ3) is 4.23. The standard InChI is InChI=1S/C21H20BrN3O6S/c1-30-15-5-6-17-18(23-27)13-20(31-19(17)12-15)21(26)24-7-9-25(10-8-24)32(28,29)16-4-2-3-14(22)11-16/h2-6,11-13,27H,7-10H2,1H3/b23-18-. The maximum atomic E-state index is 13.0. The molecular formula is C21H20BrN3O6S. The predicted molar refractivity (Wildman–Crippen MR) is 119 cm³/mol. The van der Waals surface area contributed by atoms with Crippen LogP contribution in [-0.2, 0) is 10.0 Å². The lowest BCUT2D eigenvalue weighted by atomic mass is 10.2. The molecule has 0 saturated carbocycles. The number of piperazine rings is 1. The van der Waals surface area contributed by atoms with Crippen LogP contribution in [0.3, 0.4) is 0 Å². The van der Waals surface area contributed by atoms with E-state index in [1.54, 1.807) is 42.5 Å². The van der Waals surface area contributed by atoms with Crippen LogP contribution in [0.2, 0.25) is 0 Å². The third-order valence-corrected chi connectivity index (χ3v) is 7.62. The topological polar surface area (TPSA) is 113 Å². The summed E-state index contributed by atoms with van der Waals surface area (Å²) in [7, 11) is -2.16. The van der Waals surface area contributed by atoms with Gasteiger partial charge in [-0.2, -0.15) is 4.31 Å². The number of sulfonamides is 1. The van der Waals surface area contributed by atoms with Crippen LogP contribution in [0.15, 0.2) is 67.5 Å². The Balaban J connectivity index is 1.55. The number of hydrogen-bond acceptors (Lipinski definition) is 7. The molecule has 1 saturated heterocycles. The van der Waals surface area contributed by atoms with Gasteiger partial charge >= 0.3 is 0 Å². The highest BCUT2D eigenvalue weighted by atomic mass is 79.9. The Bertz CT molecular complexity index is 1350. The van der Waals surface area contributed by atoms with Gasteiger partial charge in [-0.15, -0.1) is 0 Å². The minimum absolute atomic E-state index is 0.0122. The minimum atomic E-state index is -3.67. The number of carbonyl (C=O) groups is 1. The Labute approximate surface area is 192 Å². The average Bonchev–Trinajstić information content (AvgIpc) is 2.82. The number of hydrogen-bond donors (Lipinski definition) is 1. The lowest BCUT2D eigenvalue weighted by molar-refractivity contribution is 0.0666. The van der Waals surface area contributed by atoms with E-state index in [2.05, 4.69) is 21.1 Å². The molecule has 2 heterocycles. The predicted octanol–water partition coefficient (Wildman–Crippen LogP) is 2.64. The molecule has 168 valence electrons. The highest BCUT2D eigenvalue weighted by molar-refractivity contribution is 9.10. The number of fused-ring (bicyclic) bond motifs is 1. The van der Waals surface area contributed by atoms with Crippen molar-refractivity contribution in [1.29, 1.82) is 0 Å². The first-order valence-corrected chi connectivity index (χ1v) is 11.9. The smallest absolute Gasteiger partial charge is 0.289 e. The molecule has 1 amide bonds. The molecule has 0 radical (unpaired) electrons. The van der Waals surface area contributed by atoms with Crippen molar-refractivity contribution < 1.29 is 27.6 Å². The highest BCUT2D eigenvalue weighted by Gasteiger charge is 2.31. The summed E-state index contributed by atoms with van der Waals surface area (Å²) in [6, 6.07) is 12.8. The number of carbonyl (C=O) groups excluding carboxylic acids is 1. The zero-order valence-electron chi connectivity index (χ0n) is 17.1. The van der Waals surface area contributed by atoms with Gasteiger partial charge in [0, 0.05) is 48.2 Å². The number of methoxy groups -OCH3 is 1. The number of rotatable bonds is 4. The Morgan fingerprint density at radius 3 is 2.53 bits per heavy atom. The molecule has 4 rings (SSSR count). The van der Waals surface area contributed by atoms with Gasteiger partial charge in [0.05, 0.1) is 12.0 Å². The molecular weight excluding hydrogens is 502 g/mol. The zero-order chi connectivity index (χ0) is 22.9. The molecule has 0 spiro atoms. The molecule has 1 aromatic heterocycles. The van der Waals surface area contributed by atoms with Crippen LogP contribution < -0.4 is 10.1 Å². The van der Waals surface area contributed by atoms with Crippen LogP contribution in [0.4, 0.5) is 0 Å². The Hall–Kier alpha value is -2.89. The van der Waals surface area contributed by atoms with E-state index < -0.39 is 15.9 Å². The van der Waals surface area contributed by atoms with Crippen molar-refractivity contribution >= 4 is 42.8 Å². The van der Waals surface area contributed by atoms with Crippen molar-refractivity contribution in [3.63, 3.8) is 0 Å². The summed E-state index contributed by atoms with van der Waals surface area (Å²) in [6.07, 6.45) is 0. The number of nitrogens with zero attached hydrogens (tertiary/aromatic N) is 3. The maximum absolute atomic E-state index is 13.0. The summed E-state index contributed by atoms with van der Waals surface area (Å²) >= 11 is 3.29. The summed E-state index contributed by atoms with van der Waals surface area (Å²) in [4.78, 5) is 14.7. The lowest BCUT2D eigenvalue weighted by Crippen LogP contribution is -2.50. The second kappa shape index (κ2) is 8.93. The normalized spacial score (nSPS) is 15.8. The fraction of sp³-hybridized carbons (Fsp3) is 0.238. The van der Waals surface area contributed by atoms with Crippen LogP contribution in [0, 0.1) is 0 Å². The molecule has 2 aromatic carbocycles. The molecule has 1 N–H and O–H groups in total. The van der Waals surface area contributed by atoms with Gasteiger partial charge in [0.15, 0.2) is 5.76 Å². The van der Waals surface area contributed by atoms with Gasteiger partial charge in [-0.1, -0.05) is 27.2 Å². The van der Waals surface area contributed by atoms with Crippen LogP contribution in [-0.4, -0.2) is 62.0 Å². The van der Waals surface area contributed by atoms with Crippen molar-refractivity contribution in [2.45, 2.75) is 4.90 Å². The van der Waals surface area contributed by atoms with Crippen LogP contribution in [0.25, 0.3) is 11.0 Å². The summed E-state index contributed by atoms with van der Waals surface area (Å²) in [6.45, 7) is 0.700. The lowest BCUT2D eigenvalue weighted by Gasteiger charge is -2.33. The fourth-order valence-electron chi connectivity index (χ4n) is 3.53. The van der Waals surface area contributed by atoms with Gasteiger partial charge in [0.2, 0.25) is 10.0 Å². The Morgan fingerprint density at radius 2 is 1.88 bits per heavy atom. The Kier molecular flexibility index (Phi) is 6.22. The number of ether oxygens (including phenoxy) is 1. The van der Waals surface area contributed by atoms with Gasteiger partial charge in [0.1, 0.15) is 16.7 Å². The van der Waals surface area contributed by atoms with Gasteiger partial charge in [0.25, 0.3) is 5.91 Å². The van der Waals surface area contributed by atoms with Crippen molar-refractivity contribution in [3.8, 4) is 5.75 Å².